The summed E-state index contributed by atoms with van der Waals surface area (Å²) in [6.45, 7) is 6.12. The minimum atomic E-state index is -0.158. The van der Waals surface area contributed by atoms with Gasteiger partial charge in [-0.15, -0.1) is 0 Å². The molecule has 1 heterocycles. The normalized spacial score (nSPS) is 11.1. The van der Waals surface area contributed by atoms with Crippen molar-refractivity contribution in [3.05, 3.63) is 45.7 Å². The number of ether oxygens (including phenoxy) is 1. The van der Waals surface area contributed by atoms with Crippen molar-refractivity contribution in [2.45, 2.75) is 33.4 Å². The second kappa shape index (κ2) is 6.75. The predicted octanol–water partition coefficient (Wildman–Crippen LogP) is 2.22. The van der Waals surface area contributed by atoms with Crippen molar-refractivity contribution in [2.75, 3.05) is 13.7 Å². The summed E-state index contributed by atoms with van der Waals surface area (Å²) in [4.78, 5) is 28.9. The van der Waals surface area contributed by atoms with Crippen LogP contribution < -0.4 is 5.56 Å². The number of fused-ring (bicyclic) bond motifs is 1. The Bertz CT molecular complexity index is 734. The molecule has 0 aliphatic rings. The molecule has 0 spiro atoms. The van der Waals surface area contributed by atoms with Crippen LogP contribution in [-0.2, 0) is 16.1 Å². The van der Waals surface area contributed by atoms with Crippen LogP contribution in [0.3, 0.4) is 0 Å². The lowest BCUT2D eigenvalue weighted by Gasteiger charge is -2.26. The van der Waals surface area contributed by atoms with Crippen molar-refractivity contribution in [3.63, 3.8) is 0 Å². The van der Waals surface area contributed by atoms with Crippen molar-refractivity contribution in [1.82, 2.24) is 9.88 Å². The predicted molar refractivity (Wildman–Crippen MR) is 86.9 cm³/mol. The van der Waals surface area contributed by atoms with Crippen LogP contribution in [0.5, 0.6) is 0 Å². The number of nitrogens with one attached hydrogen (secondary N) is 1. The molecule has 0 aliphatic carbocycles. The number of pyridine rings is 1. The van der Waals surface area contributed by atoms with Gasteiger partial charge in [0.15, 0.2) is 0 Å². The maximum atomic E-state index is 12.3. The summed E-state index contributed by atoms with van der Waals surface area (Å²) in [5.41, 5.74) is 2.33. The molecule has 2 rings (SSSR count). The summed E-state index contributed by atoms with van der Waals surface area (Å²) in [6.07, 6.45) is 0. The number of aromatic nitrogens is 1. The van der Waals surface area contributed by atoms with Gasteiger partial charge in [-0.2, -0.15) is 0 Å². The van der Waals surface area contributed by atoms with Crippen molar-refractivity contribution in [3.8, 4) is 0 Å². The standard InChI is InChI=1S/C17H22N2O3/c1-11(2)19(16(20)10-22-4)9-14-8-13-6-5-12(3)7-15(13)18-17(14)21/h5-8,11H,9-10H2,1-4H3,(H,18,21). The van der Waals surface area contributed by atoms with Crippen LogP contribution in [0.1, 0.15) is 25.0 Å². The number of H-pyrrole nitrogens is 1. The van der Waals surface area contributed by atoms with E-state index in [9.17, 15) is 9.59 Å². The van der Waals surface area contributed by atoms with Crippen molar-refractivity contribution >= 4 is 16.8 Å². The number of methoxy groups -OCH3 is 1. The third kappa shape index (κ3) is 3.54. The SMILES string of the molecule is COCC(=O)N(Cc1cc2ccc(C)cc2[nH]c1=O)C(C)C. The number of hydrogen-bond acceptors (Lipinski definition) is 3. The first kappa shape index (κ1) is 16.2. The number of rotatable bonds is 5. The van der Waals surface area contributed by atoms with E-state index in [0.29, 0.717) is 5.56 Å². The molecule has 22 heavy (non-hydrogen) atoms. The first-order valence-corrected chi connectivity index (χ1v) is 7.33. The summed E-state index contributed by atoms with van der Waals surface area (Å²) in [5, 5.41) is 0.961. The highest BCUT2D eigenvalue weighted by Crippen LogP contribution is 2.15. The number of nitrogens with zero attached hydrogens (tertiary/aromatic N) is 1. The zero-order chi connectivity index (χ0) is 16.3. The van der Waals surface area contributed by atoms with E-state index in [1.807, 2.05) is 45.0 Å². The Morgan fingerprint density at radius 3 is 2.68 bits per heavy atom. The first-order valence-electron chi connectivity index (χ1n) is 7.33. The molecule has 2 aromatic rings. The van der Waals surface area contributed by atoms with Gasteiger partial charge in [-0.1, -0.05) is 12.1 Å². The highest BCUT2D eigenvalue weighted by molar-refractivity contribution is 5.80. The maximum absolute atomic E-state index is 12.3. The van der Waals surface area contributed by atoms with Gasteiger partial charge >= 0.3 is 0 Å². The average Bonchev–Trinajstić information content (AvgIpc) is 2.44. The fourth-order valence-corrected chi connectivity index (χ4v) is 2.43. The van der Waals surface area contributed by atoms with Crippen LogP contribution in [0.25, 0.3) is 10.9 Å². The van der Waals surface area contributed by atoms with Crippen LogP contribution in [0.15, 0.2) is 29.1 Å². The van der Waals surface area contributed by atoms with Gasteiger partial charge in [0.25, 0.3) is 5.56 Å². The minimum Gasteiger partial charge on any atom is -0.375 e. The number of hydrogen-bond donors (Lipinski definition) is 1. The van der Waals surface area contributed by atoms with Gasteiger partial charge in [0.2, 0.25) is 5.91 Å². The van der Waals surface area contributed by atoms with Gasteiger partial charge in [-0.3, -0.25) is 9.59 Å². The van der Waals surface area contributed by atoms with Crippen molar-refractivity contribution in [2.24, 2.45) is 0 Å². The Labute approximate surface area is 129 Å². The zero-order valence-corrected chi connectivity index (χ0v) is 13.5. The molecule has 0 radical (unpaired) electrons. The molecule has 0 saturated carbocycles. The van der Waals surface area contributed by atoms with Gasteiger partial charge in [0.05, 0.1) is 6.54 Å². The monoisotopic (exact) mass is 302 g/mol. The average molecular weight is 302 g/mol. The molecular formula is C17H22N2O3. The molecule has 0 bridgehead atoms. The summed E-state index contributed by atoms with van der Waals surface area (Å²) < 4.78 is 4.91. The fourth-order valence-electron chi connectivity index (χ4n) is 2.43. The number of amides is 1. The second-order valence-electron chi connectivity index (χ2n) is 5.76. The highest BCUT2D eigenvalue weighted by atomic mass is 16.5. The topological polar surface area (TPSA) is 62.4 Å². The van der Waals surface area contributed by atoms with Crippen LogP contribution >= 0.6 is 0 Å². The van der Waals surface area contributed by atoms with Crippen molar-refractivity contribution < 1.29 is 9.53 Å². The van der Waals surface area contributed by atoms with E-state index in [4.69, 9.17) is 4.74 Å². The molecule has 5 nitrogen and oxygen atoms in total. The second-order valence-corrected chi connectivity index (χ2v) is 5.76. The molecule has 1 aromatic heterocycles. The van der Waals surface area contributed by atoms with E-state index in [1.165, 1.54) is 7.11 Å². The van der Waals surface area contributed by atoms with Crippen LogP contribution in [0, 0.1) is 6.92 Å². The summed E-state index contributed by atoms with van der Waals surface area (Å²) in [5.74, 6) is -0.124. The largest absolute Gasteiger partial charge is 0.375 e. The van der Waals surface area contributed by atoms with Crippen molar-refractivity contribution in [1.29, 1.82) is 0 Å². The third-order valence-corrected chi connectivity index (χ3v) is 3.63. The third-order valence-electron chi connectivity index (χ3n) is 3.63. The summed E-state index contributed by atoms with van der Waals surface area (Å²) in [7, 11) is 1.49. The fraction of sp³-hybridized carbons (Fsp3) is 0.412. The molecule has 118 valence electrons. The molecule has 0 atom stereocenters. The number of aryl methyl sites for hydroxylation is 1. The highest BCUT2D eigenvalue weighted by Gasteiger charge is 2.18. The lowest BCUT2D eigenvalue weighted by Crippen LogP contribution is -2.39. The van der Waals surface area contributed by atoms with E-state index < -0.39 is 0 Å². The summed E-state index contributed by atoms with van der Waals surface area (Å²) >= 11 is 0. The van der Waals surface area contributed by atoms with Crippen LogP contribution in [0.4, 0.5) is 0 Å². The first-order chi connectivity index (χ1) is 10.4. The molecule has 5 heteroatoms. The number of benzene rings is 1. The van der Waals surface area contributed by atoms with Gasteiger partial charge in [-0.05, 0) is 43.9 Å². The lowest BCUT2D eigenvalue weighted by molar-refractivity contribution is -0.137. The zero-order valence-electron chi connectivity index (χ0n) is 13.5. The van der Waals surface area contributed by atoms with E-state index in [0.717, 1.165) is 16.5 Å². The van der Waals surface area contributed by atoms with Gasteiger partial charge < -0.3 is 14.6 Å². The Kier molecular flexibility index (Phi) is 4.98. The van der Waals surface area contributed by atoms with Crippen LogP contribution in [-0.4, -0.2) is 35.5 Å². The molecular weight excluding hydrogens is 280 g/mol. The smallest absolute Gasteiger partial charge is 0.253 e. The maximum Gasteiger partial charge on any atom is 0.253 e. The molecule has 0 saturated heterocycles. The van der Waals surface area contributed by atoms with Gasteiger partial charge in [0, 0.05) is 24.2 Å². The number of aromatic amines is 1. The van der Waals surface area contributed by atoms with Crippen LogP contribution in [0.2, 0.25) is 0 Å². The molecule has 1 N–H and O–H groups in total. The lowest BCUT2D eigenvalue weighted by atomic mass is 10.1. The Morgan fingerprint density at radius 1 is 1.32 bits per heavy atom. The van der Waals surface area contributed by atoms with E-state index >= 15 is 0 Å². The molecule has 0 fully saturated rings. The Balaban J connectivity index is 2.37. The Morgan fingerprint density at radius 2 is 2.05 bits per heavy atom. The molecule has 0 unspecified atom stereocenters. The molecule has 1 amide bonds. The van der Waals surface area contributed by atoms with E-state index in [2.05, 4.69) is 4.98 Å². The van der Waals surface area contributed by atoms with Gasteiger partial charge in [0.1, 0.15) is 6.61 Å². The number of carbonyl (C=O) groups excluding carboxylic acids is 1. The molecule has 0 aliphatic heterocycles. The summed E-state index contributed by atoms with van der Waals surface area (Å²) in [6, 6.07) is 7.76. The Hall–Kier alpha value is -2.14. The van der Waals surface area contributed by atoms with Gasteiger partial charge in [-0.25, -0.2) is 0 Å². The van der Waals surface area contributed by atoms with E-state index in [1.54, 1.807) is 4.90 Å². The van der Waals surface area contributed by atoms with E-state index in [-0.39, 0.29) is 30.7 Å². The molecule has 1 aromatic carbocycles. The number of carbonyl (C=O) groups is 1. The quantitative estimate of drug-likeness (QED) is 0.921. The minimum absolute atomic E-state index is 0.00392.